The topological polar surface area (TPSA) is 38.7 Å². The molecule has 0 radical (unpaired) electrons. The summed E-state index contributed by atoms with van der Waals surface area (Å²) in [7, 11) is 0. The lowest BCUT2D eigenvalue weighted by Gasteiger charge is -2.04. The molecule has 0 spiro atoms. The third-order valence-electron chi connectivity index (χ3n) is 0.429. The van der Waals surface area contributed by atoms with Crippen LogP contribution in [-0.2, 0) is 9.78 Å². The van der Waals surface area contributed by atoms with Crippen LogP contribution in [0.3, 0.4) is 0 Å². The fourth-order valence-electron chi connectivity index (χ4n) is 0.172. The van der Waals surface area contributed by atoms with Crippen molar-refractivity contribution < 1.29 is 14.9 Å². The smallest absolute Gasteiger partial charge is 0.202 e. The average Bonchev–Trinajstić information content (AvgIpc) is 1.83. The van der Waals surface area contributed by atoms with Crippen LogP contribution in [0, 0.1) is 0 Å². The summed E-state index contributed by atoms with van der Waals surface area (Å²) in [4.78, 5) is 8.62. The van der Waals surface area contributed by atoms with E-state index in [4.69, 9.17) is 16.7 Å². The number of rotatable bonds is 4. The summed E-state index contributed by atoms with van der Waals surface area (Å²) in [5, 5.41) is 8.51. The fraction of sp³-hybridized carbons (Fsp3) is 1.00. The van der Waals surface area contributed by atoms with Crippen LogP contribution in [0.15, 0.2) is 0 Å². The highest BCUT2D eigenvalue weighted by atomic mass is 35.5. The third-order valence-corrected chi connectivity index (χ3v) is 0.693. The molecule has 0 aromatic rings. The average molecular weight is 141 g/mol. The van der Waals surface area contributed by atoms with Crippen molar-refractivity contribution in [1.82, 2.24) is 0 Å². The second-order valence-electron chi connectivity index (χ2n) is 1.11. The Bertz CT molecular complexity index is 50.5. The van der Waals surface area contributed by atoms with Gasteiger partial charge in [-0.25, -0.2) is 9.78 Å². The van der Waals surface area contributed by atoms with E-state index in [2.05, 4.69) is 9.78 Å². The highest BCUT2D eigenvalue weighted by molar-refractivity contribution is 6.18. The van der Waals surface area contributed by atoms with E-state index in [1.807, 2.05) is 0 Å². The molecule has 1 atom stereocenters. The van der Waals surface area contributed by atoms with Gasteiger partial charge < -0.3 is 5.11 Å². The van der Waals surface area contributed by atoms with Crippen molar-refractivity contribution >= 4 is 11.6 Å². The minimum absolute atomic E-state index is 0.0278. The molecule has 0 aliphatic carbocycles. The van der Waals surface area contributed by atoms with Gasteiger partial charge in [0, 0.05) is 0 Å². The zero-order valence-electron chi connectivity index (χ0n) is 4.63. The molecule has 0 aliphatic heterocycles. The Kier molecular flexibility index (Phi) is 5.42. The van der Waals surface area contributed by atoms with Crippen molar-refractivity contribution in [2.24, 2.45) is 0 Å². The third kappa shape index (κ3) is 4.33. The minimum atomic E-state index is -1.00. The summed E-state index contributed by atoms with van der Waals surface area (Å²) in [5.41, 5.74) is 0. The zero-order valence-corrected chi connectivity index (χ0v) is 5.39. The quantitative estimate of drug-likeness (QED) is 0.268. The maximum Gasteiger partial charge on any atom is 0.202 e. The molecule has 3 nitrogen and oxygen atoms in total. The fourth-order valence-corrected chi connectivity index (χ4v) is 0.224. The molecule has 8 heavy (non-hydrogen) atoms. The zero-order chi connectivity index (χ0) is 6.41. The molecule has 0 aliphatic rings. The Hall–Kier alpha value is 0.170. The Morgan fingerprint density at radius 2 is 2.38 bits per heavy atom. The van der Waals surface area contributed by atoms with E-state index in [0.29, 0.717) is 6.61 Å². The van der Waals surface area contributed by atoms with Gasteiger partial charge in [0.1, 0.15) is 0 Å². The molecule has 0 aromatic carbocycles. The van der Waals surface area contributed by atoms with Crippen molar-refractivity contribution in [1.29, 1.82) is 0 Å². The molecule has 0 amide bonds. The molecule has 0 heterocycles. The Morgan fingerprint density at radius 3 is 2.75 bits per heavy atom. The SMILES string of the molecule is CCOOC(O)CCl. The monoisotopic (exact) mass is 140 g/mol. The van der Waals surface area contributed by atoms with Gasteiger partial charge in [-0.3, -0.25) is 0 Å². The summed E-state index contributed by atoms with van der Waals surface area (Å²) in [6.07, 6.45) is -1.00. The lowest BCUT2D eigenvalue weighted by atomic mass is 10.8. The molecule has 0 fully saturated rings. The largest absolute Gasteiger partial charge is 0.365 e. The molecule has 50 valence electrons. The first-order valence-corrected chi connectivity index (χ1v) is 2.87. The van der Waals surface area contributed by atoms with Crippen molar-refractivity contribution in [3.63, 3.8) is 0 Å². The van der Waals surface area contributed by atoms with Crippen molar-refractivity contribution in [3.05, 3.63) is 0 Å². The summed E-state index contributed by atoms with van der Waals surface area (Å²) in [5.74, 6) is 0.0278. The predicted molar refractivity (Wildman–Crippen MR) is 29.4 cm³/mol. The highest BCUT2D eigenvalue weighted by Gasteiger charge is 1.99. The summed E-state index contributed by atoms with van der Waals surface area (Å²) < 4.78 is 0. The van der Waals surface area contributed by atoms with Crippen LogP contribution in [0.5, 0.6) is 0 Å². The molecule has 4 heteroatoms. The molecular formula is C4H9ClO3. The lowest BCUT2D eigenvalue weighted by molar-refractivity contribution is -0.360. The van der Waals surface area contributed by atoms with E-state index in [1.165, 1.54) is 0 Å². The molecule has 0 bridgehead atoms. The number of alkyl halides is 1. The molecule has 0 aromatic heterocycles. The van der Waals surface area contributed by atoms with Crippen LogP contribution in [0.1, 0.15) is 6.92 Å². The maximum atomic E-state index is 8.51. The van der Waals surface area contributed by atoms with Gasteiger partial charge in [0.2, 0.25) is 6.29 Å². The van der Waals surface area contributed by atoms with Gasteiger partial charge >= 0.3 is 0 Å². The van der Waals surface area contributed by atoms with E-state index < -0.39 is 6.29 Å². The van der Waals surface area contributed by atoms with Gasteiger partial charge in [-0.15, -0.1) is 11.6 Å². The van der Waals surface area contributed by atoms with Crippen molar-refractivity contribution in [2.45, 2.75) is 13.2 Å². The van der Waals surface area contributed by atoms with Crippen LogP contribution in [0.2, 0.25) is 0 Å². The first kappa shape index (κ1) is 8.17. The van der Waals surface area contributed by atoms with Crippen LogP contribution in [0.25, 0.3) is 0 Å². The van der Waals surface area contributed by atoms with E-state index in [0.717, 1.165) is 0 Å². The number of aliphatic hydroxyl groups excluding tert-OH is 1. The number of halogens is 1. The lowest BCUT2D eigenvalue weighted by Crippen LogP contribution is -2.13. The standard InChI is InChI=1S/C4H9ClO3/c1-2-7-8-4(6)3-5/h4,6H,2-3H2,1H3. The van der Waals surface area contributed by atoms with Gasteiger partial charge in [0.25, 0.3) is 0 Å². The van der Waals surface area contributed by atoms with Crippen LogP contribution < -0.4 is 0 Å². The Balaban J connectivity index is 2.86. The van der Waals surface area contributed by atoms with Crippen molar-refractivity contribution in [3.8, 4) is 0 Å². The minimum Gasteiger partial charge on any atom is -0.365 e. The Morgan fingerprint density at radius 1 is 1.75 bits per heavy atom. The first-order chi connectivity index (χ1) is 3.81. The van der Waals surface area contributed by atoms with Gasteiger partial charge in [0.15, 0.2) is 0 Å². The van der Waals surface area contributed by atoms with Crippen LogP contribution in [0.4, 0.5) is 0 Å². The van der Waals surface area contributed by atoms with Crippen LogP contribution in [-0.4, -0.2) is 23.9 Å². The van der Waals surface area contributed by atoms with Crippen molar-refractivity contribution in [2.75, 3.05) is 12.5 Å². The van der Waals surface area contributed by atoms with E-state index in [9.17, 15) is 0 Å². The highest BCUT2D eigenvalue weighted by Crippen LogP contribution is 1.89. The molecule has 0 rings (SSSR count). The predicted octanol–water partition coefficient (Wildman–Crippen LogP) is 0.512. The van der Waals surface area contributed by atoms with E-state index in [-0.39, 0.29) is 5.88 Å². The van der Waals surface area contributed by atoms with Gasteiger partial charge in [-0.05, 0) is 6.92 Å². The summed E-state index contributed by atoms with van der Waals surface area (Å²) in [6.45, 7) is 2.16. The van der Waals surface area contributed by atoms with Gasteiger partial charge in [-0.1, -0.05) is 0 Å². The first-order valence-electron chi connectivity index (χ1n) is 2.33. The molecule has 1 N–H and O–H groups in total. The molecule has 0 saturated carbocycles. The molecular weight excluding hydrogens is 131 g/mol. The number of hydrogen-bond donors (Lipinski definition) is 1. The van der Waals surface area contributed by atoms with E-state index in [1.54, 1.807) is 6.92 Å². The van der Waals surface area contributed by atoms with Gasteiger partial charge in [0.05, 0.1) is 12.5 Å². The number of hydrogen-bond acceptors (Lipinski definition) is 3. The number of aliphatic hydroxyl groups is 1. The molecule has 0 saturated heterocycles. The second kappa shape index (κ2) is 5.31. The molecule has 1 unspecified atom stereocenters. The Labute approximate surface area is 53.1 Å². The van der Waals surface area contributed by atoms with Crippen LogP contribution >= 0.6 is 11.6 Å². The maximum absolute atomic E-state index is 8.51. The summed E-state index contributed by atoms with van der Waals surface area (Å²) >= 11 is 5.13. The summed E-state index contributed by atoms with van der Waals surface area (Å²) in [6, 6.07) is 0. The second-order valence-corrected chi connectivity index (χ2v) is 1.42. The van der Waals surface area contributed by atoms with Gasteiger partial charge in [-0.2, -0.15) is 0 Å². The van der Waals surface area contributed by atoms with E-state index >= 15 is 0 Å². The normalized spacial score (nSPS) is 13.9.